The van der Waals surface area contributed by atoms with Crippen molar-refractivity contribution in [1.29, 1.82) is 0 Å². The van der Waals surface area contributed by atoms with Crippen LogP contribution in [0.3, 0.4) is 0 Å². The Morgan fingerprint density at radius 3 is 2.41 bits per heavy atom. The first kappa shape index (κ1) is 26.9. The highest BCUT2D eigenvalue weighted by Crippen LogP contribution is 2.39. The summed E-state index contributed by atoms with van der Waals surface area (Å²) in [5.41, 5.74) is 5.73. The first-order valence-corrected chi connectivity index (χ1v) is 14.3. The second-order valence-electron chi connectivity index (χ2n) is 9.55. The first-order valence-electron chi connectivity index (χ1n) is 12.8. The van der Waals surface area contributed by atoms with E-state index >= 15 is 0 Å². The van der Waals surface area contributed by atoms with E-state index < -0.39 is 10.0 Å². The van der Waals surface area contributed by atoms with Crippen molar-refractivity contribution < 1.29 is 27.5 Å². The van der Waals surface area contributed by atoms with E-state index in [0.717, 1.165) is 22.6 Å². The lowest BCUT2D eigenvalue weighted by molar-refractivity contribution is -0.112. The second-order valence-corrected chi connectivity index (χ2v) is 11.5. The van der Waals surface area contributed by atoms with E-state index in [4.69, 9.17) is 9.47 Å². The van der Waals surface area contributed by atoms with Gasteiger partial charge in [-0.05, 0) is 80.9 Å². The van der Waals surface area contributed by atoms with Gasteiger partial charge in [0.25, 0.3) is 5.91 Å². The number of hydrogen-bond donors (Lipinski definition) is 0. The van der Waals surface area contributed by atoms with Crippen LogP contribution >= 0.6 is 0 Å². The minimum absolute atomic E-state index is 0.157. The van der Waals surface area contributed by atoms with Crippen LogP contribution in [0.5, 0.6) is 0 Å². The van der Waals surface area contributed by atoms with E-state index in [-0.39, 0.29) is 16.8 Å². The van der Waals surface area contributed by atoms with Crippen LogP contribution in [0.4, 0.5) is 5.69 Å². The molecule has 0 atom stereocenters. The van der Waals surface area contributed by atoms with Crippen molar-refractivity contribution in [3.63, 3.8) is 0 Å². The third kappa shape index (κ3) is 4.80. The third-order valence-electron chi connectivity index (χ3n) is 7.17. The number of morpholine rings is 1. The molecule has 0 spiro atoms. The van der Waals surface area contributed by atoms with E-state index in [0.29, 0.717) is 55.3 Å². The van der Waals surface area contributed by atoms with E-state index in [1.807, 2.05) is 42.7 Å². The van der Waals surface area contributed by atoms with Gasteiger partial charge in [-0.3, -0.25) is 4.79 Å². The number of ether oxygens (including phenoxy) is 2. The molecule has 0 unspecified atom stereocenters. The van der Waals surface area contributed by atoms with Gasteiger partial charge in [-0.2, -0.15) is 4.31 Å². The summed E-state index contributed by atoms with van der Waals surface area (Å²) in [6, 6.07) is 14.0. The highest BCUT2D eigenvalue weighted by Gasteiger charge is 2.33. The van der Waals surface area contributed by atoms with Crippen LogP contribution in [0.1, 0.15) is 39.8 Å². The zero-order valence-corrected chi connectivity index (χ0v) is 23.2. The van der Waals surface area contributed by atoms with Crippen LogP contribution in [0.15, 0.2) is 53.4 Å². The summed E-state index contributed by atoms with van der Waals surface area (Å²) in [5, 5.41) is 0. The van der Waals surface area contributed by atoms with Gasteiger partial charge in [0.1, 0.15) is 0 Å². The van der Waals surface area contributed by atoms with Crippen molar-refractivity contribution in [2.75, 3.05) is 44.9 Å². The van der Waals surface area contributed by atoms with Gasteiger partial charge in [-0.25, -0.2) is 13.2 Å². The molecule has 1 amide bonds. The molecule has 0 aliphatic carbocycles. The molecular weight excluding hydrogens is 518 g/mol. The van der Waals surface area contributed by atoms with Gasteiger partial charge in [-0.1, -0.05) is 0 Å². The molecule has 1 aromatic heterocycles. The van der Waals surface area contributed by atoms with Gasteiger partial charge in [-0.15, -0.1) is 0 Å². The highest BCUT2D eigenvalue weighted by molar-refractivity contribution is 7.89. The smallest absolute Gasteiger partial charge is 0.338 e. The molecule has 0 saturated carbocycles. The fraction of sp³-hybridized carbons (Fsp3) is 0.310. The zero-order valence-electron chi connectivity index (χ0n) is 22.4. The van der Waals surface area contributed by atoms with Gasteiger partial charge in [0, 0.05) is 48.3 Å². The maximum atomic E-state index is 13.3. The number of fused-ring (bicyclic) bond motifs is 1. The van der Waals surface area contributed by atoms with Crippen LogP contribution in [0, 0.1) is 13.8 Å². The molecule has 2 aliphatic heterocycles. The Morgan fingerprint density at radius 1 is 1.05 bits per heavy atom. The van der Waals surface area contributed by atoms with Crippen molar-refractivity contribution in [2.45, 2.75) is 25.7 Å². The predicted octanol–water partition coefficient (Wildman–Crippen LogP) is 3.81. The van der Waals surface area contributed by atoms with Crippen molar-refractivity contribution >= 4 is 39.2 Å². The topological polar surface area (TPSA) is 98.2 Å². The standard InChI is InChI=1S/C29H31N3O6S/c1-5-38-29(34)21-6-8-23(9-7-21)32-19(2)16-22(20(32)3)17-26-25-18-24(10-11-27(25)30(4)28(26)33)39(35,36)31-12-14-37-15-13-31/h6-11,16-18H,5,12-15H2,1-4H3/b26-17-. The average Bonchev–Trinajstić information content (AvgIpc) is 3.35. The molecule has 204 valence electrons. The van der Waals surface area contributed by atoms with Gasteiger partial charge in [0.2, 0.25) is 10.0 Å². The lowest BCUT2D eigenvalue weighted by atomic mass is 10.0. The number of aromatic nitrogens is 1. The van der Waals surface area contributed by atoms with Gasteiger partial charge in [0.15, 0.2) is 0 Å². The van der Waals surface area contributed by atoms with Crippen molar-refractivity contribution in [3.05, 3.63) is 76.6 Å². The zero-order chi connectivity index (χ0) is 27.9. The fourth-order valence-electron chi connectivity index (χ4n) is 5.11. The Morgan fingerprint density at radius 2 is 1.74 bits per heavy atom. The SMILES string of the molecule is CCOC(=O)c1ccc(-n2c(C)cc(/C=C3\C(=O)N(C)c4ccc(S(=O)(=O)N5CCOCC5)cc43)c2C)cc1. The Kier molecular flexibility index (Phi) is 7.19. The second kappa shape index (κ2) is 10.4. The van der Waals surface area contributed by atoms with Crippen molar-refractivity contribution in [1.82, 2.24) is 8.87 Å². The quantitative estimate of drug-likeness (QED) is 0.343. The molecule has 1 fully saturated rings. The number of esters is 1. The highest BCUT2D eigenvalue weighted by atomic mass is 32.2. The average molecular weight is 550 g/mol. The normalized spacial score (nSPS) is 17.1. The molecular formula is C29H31N3O6S. The molecule has 3 aromatic rings. The lowest BCUT2D eigenvalue weighted by Gasteiger charge is -2.26. The molecule has 39 heavy (non-hydrogen) atoms. The van der Waals surface area contributed by atoms with Gasteiger partial charge >= 0.3 is 5.97 Å². The van der Waals surface area contributed by atoms with Crippen molar-refractivity contribution in [3.8, 4) is 5.69 Å². The summed E-state index contributed by atoms with van der Waals surface area (Å²) in [6.45, 7) is 7.33. The van der Waals surface area contributed by atoms with E-state index in [1.165, 1.54) is 4.31 Å². The largest absolute Gasteiger partial charge is 0.462 e. The molecule has 2 aliphatic rings. The van der Waals surface area contributed by atoms with E-state index in [9.17, 15) is 18.0 Å². The lowest BCUT2D eigenvalue weighted by Crippen LogP contribution is -2.40. The number of sulfonamides is 1. The number of carbonyl (C=O) groups is 2. The monoisotopic (exact) mass is 549 g/mol. The van der Waals surface area contributed by atoms with Crippen molar-refractivity contribution in [2.24, 2.45) is 0 Å². The van der Waals surface area contributed by atoms with Crippen LogP contribution in [0.25, 0.3) is 17.3 Å². The third-order valence-corrected chi connectivity index (χ3v) is 9.06. The van der Waals surface area contributed by atoms with Gasteiger partial charge < -0.3 is 18.9 Å². The molecule has 2 aromatic carbocycles. The number of rotatable bonds is 6. The Balaban J connectivity index is 1.52. The molecule has 0 radical (unpaired) electrons. The van der Waals surface area contributed by atoms with Crippen LogP contribution < -0.4 is 4.90 Å². The van der Waals surface area contributed by atoms with Crippen LogP contribution in [-0.2, 0) is 24.3 Å². The maximum absolute atomic E-state index is 13.3. The number of likely N-dealkylation sites (N-methyl/N-ethyl adjacent to an activating group) is 1. The van der Waals surface area contributed by atoms with Gasteiger partial charge in [0.05, 0.1) is 36.0 Å². The van der Waals surface area contributed by atoms with E-state index in [2.05, 4.69) is 0 Å². The minimum atomic E-state index is -3.72. The summed E-state index contributed by atoms with van der Waals surface area (Å²) in [5.74, 6) is -0.567. The molecule has 1 saturated heterocycles. The van der Waals surface area contributed by atoms with Crippen LogP contribution in [0.2, 0.25) is 0 Å². The maximum Gasteiger partial charge on any atom is 0.338 e. The molecule has 10 heteroatoms. The number of amides is 1. The first-order chi connectivity index (χ1) is 18.6. The number of anilines is 1. The van der Waals surface area contributed by atoms with E-state index in [1.54, 1.807) is 49.2 Å². The summed E-state index contributed by atoms with van der Waals surface area (Å²) in [6.07, 6.45) is 1.82. The number of nitrogens with zero attached hydrogens (tertiary/aromatic N) is 3. The number of aryl methyl sites for hydroxylation is 1. The summed E-state index contributed by atoms with van der Waals surface area (Å²) < 4.78 is 40.4. The Hall–Kier alpha value is -3.73. The Bertz CT molecular complexity index is 1580. The molecule has 0 N–H and O–H groups in total. The molecule has 9 nitrogen and oxygen atoms in total. The fourth-order valence-corrected chi connectivity index (χ4v) is 6.55. The van der Waals surface area contributed by atoms with Crippen LogP contribution in [-0.4, -0.2) is 69.1 Å². The summed E-state index contributed by atoms with van der Waals surface area (Å²) in [4.78, 5) is 27.0. The minimum Gasteiger partial charge on any atom is -0.462 e. The number of benzene rings is 2. The summed E-state index contributed by atoms with van der Waals surface area (Å²) >= 11 is 0. The number of hydrogen-bond acceptors (Lipinski definition) is 6. The molecule has 0 bridgehead atoms. The Labute approximate surface area is 228 Å². The summed E-state index contributed by atoms with van der Waals surface area (Å²) in [7, 11) is -2.03. The predicted molar refractivity (Wildman–Crippen MR) is 149 cm³/mol. The molecule has 5 rings (SSSR count). The molecule has 3 heterocycles. The number of carbonyl (C=O) groups excluding carboxylic acids is 2.